The van der Waals surface area contributed by atoms with Gasteiger partial charge in [0.25, 0.3) is 0 Å². The number of carbonyl (C=O) groups is 1. The number of aliphatic imine (C=N–C) groups is 1. The van der Waals surface area contributed by atoms with E-state index in [1.165, 1.54) is 0 Å². The number of guanidine groups is 1. The van der Waals surface area contributed by atoms with Crippen LogP contribution in [0, 0.1) is 0 Å². The Balaban J connectivity index is 1.83. The fourth-order valence-corrected chi connectivity index (χ4v) is 2.81. The topological polar surface area (TPSA) is 78.0 Å². The van der Waals surface area contributed by atoms with Crippen molar-refractivity contribution in [3.8, 4) is 0 Å². The van der Waals surface area contributed by atoms with Crippen LogP contribution >= 0.6 is 0 Å². The molecule has 3 N–H and O–H groups in total. The Morgan fingerprint density at radius 1 is 1.22 bits per heavy atom. The summed E-state index contributed by atoms with van der Waals surface area (Å²) in [6.07, 6.45) is 1.55. The van der Waals surface area contributed by atoms with E-state index in [1.54, 1.807) is 0 Å². The van der Waals surface area contributed by atoms with Gasteiger partial charge in [0.2, 0.25) is 5.91 Å². The molecule has 1 saturated heterocycles. The molecule has 1 heterocycles. The van der Waals surface area contributed by atoms with Crippen LogP contribution in [0.1, 0.15) is 32.3 Å². The Hall–Kier alpha value is -2.12. The molecule has 0 spiro atoms. The minimum absolute atomic E-state index is 0.0418. The molecule has 0 saturated carbocycles. The third-order valence-corrected chi connectivity index (χ3v) is 4.28. The second kappa shape index (κ2) is 12.3. The molecule has 1 aromatic rings. The van der Waals surface area contributed by atoms with Crippen molar-refractivity contribution in [2.24, 2.45) is 4.99 Å². The first-order valence-electron chi connectivity index (χ1n) is 9.92. The van der Waals surface area contributed by atoms with Crippen LogP contribution < -0.4 is 16.0 Å². The van der Waals surface area contributed by atoms with Crippen molar-refractivity contribution in [3.63, 3.8) is 0 Å². The molecule has 2 rings (SSSR count). The second-order valence-corrected chi connectivity index (χ2v) is 6.57. The highest BCUT2D eigenvalue weighted by atomic mass is 16.5. The normalized spacial score (nSPS) is 15.4. The molecule has 1 aliphatic rings. The predicted molar refractivity (Wildman–Crippen MR) is 110 cm³/mol. The molecule has 0 bridgehead atoms. The van der Waals surface area contributed by atoms with Gasteiger partial charge in [-0.2, -0.15) is 0 Å². The number of hydrogen-bond acceptors (Lipinski definition) is 4. The van der Waals surface area contributed by atoms with Crippen molar-refractivity contribution >= 4 is 17.6 Å². The Kier molecular flexibility index (Phi) is 9.65. The summed E-state index contributed by atoms with van der Waals surface area (Å²) < 4.78 is 5.33. The molecule has 0 atom stereocenters. The first-order chi connectivity index (χ1) is 13.2. The minimum atomic E-state index is 0.0418. The number of ether oxygens (including phenoxy) is 1. The molecule has 1 aliphatic heterocycles. The highest BCUT2D eigenvalue weighted by Gasteiger charge is 2.12. The molecule has 7 heteroatoms. The van der Waals surface area contributed by atoms with Gasteiger partial charge in [-0.3, -0.25) is 9.69 Å². The van der Waals surface area contributed by atoms with Gasteiger partial charge >= 0.3 is 0 Å². The van der Waals surface area contributed by atoms with E-state index in [2.05, 4.69) is 39.7 Å². The number of nitrogens with zero attached hydrogens (tertiary/aromatic N) is 2. The maximum absolute atomic E-state index is 12.2. The lowest BCUT2D eigenvalue weighted by atomic mass is 10.2. The van der Waals surface area contributed by atoms with Crippen molar-refractivity contribution in [2.45, 2.75) is 33.2 Å². The summed E-state index contributed by atoms with van der Waals surface area (Å²) in [7, 11) is 0. The summed E-state index contributed by atoms with van der Waals surface area (Å²) in [4.78, 5) is 19.1. The van der Waals surface area contributed by atoms with Crippen LogP contribution in [-0.4, -0.2) is 62.7 Å². The lowest BCUT2D eigenvalue weighted by molar-refractivity contribution is -0.116. The maximum Gasteiger partial charge on any atom is 0.225 e. The predicted octanol–water partition coefficient (Wildman–Crippen LogP) is 1.81. The third-order valence-electron chi connectivity index (χ3n) is 4.28. The Bertz CT molecular complexity index is 600. The van der Waals surface area contributed by atoms with Crippen LogP contribution in [0.5, 0.6) is 0 Å². The second-order valence-electron chi connectivity index (χ2n) is 6.57. The van der Waals surface area contributed by atoms with Gasteiger partial charge in [-0.1, -0.05) is 19.1 Å². The third kappa shape index (κ3) is 8.41. The van der Waals surface area contributed by atoms with Gasteiger partial charge < -0.3 is 20.7 Å². The highest BCUT2D eigenvalue weighted by Crippen LogP contribution is 2.12. The van der Waals surface area contributed by atoms with E-state index in [1.807, 2.05) is 24.3 Å². The standard InChI is InChI=1S/C20H33N5O2/c1-3-9-22-20(21-4-2)23-16-17-6-5-7-18(15-17)24-19(26)8-10-25-11-13-27-14-12-25/h5-7,15H,3-4,8-14,16H2,1-2H3,(H,24,26)(H2,21,22,23). The zero-order valence-electron chi connectivity index (χ0n) is 16.6. The zero-order chi connectivity index (χ0) is 19.3. The number of amides is 1. The molecule has 1 fully saturated rings. The maximum atomic E-state index is 12.2. The van der Waals surface area contributed by atoms with Crippen molar-refractivity contribution in [1.82, 2.24) is 15.5 Å². The van der Waals surface area contributed by atoms with E-state index >= 15 is 0 Å². The molecule has 1 amide bonds. The van der Waals surface area contributed by atoms with Gasteiger partial charge in [0.05, 0.1) is 19.8 Å². The number of hydrogen-bond donors (Lipinski definition) is 3. The van der Waals surface area contributed by atoms with E-state index in [0.29, 0.717) is 13.0 Å². The van der Waals surface area contributed by atoms with Gasteiger partial charge in [-0.25, -0.2) is 4.99 Å². The summed E-state index contributed by atoms with van der Waals surface area (Å²) in [5.74, 6) is 0.861. The number of morpholine rings is 1. The summed E-state index contributed by atoms with van der Waals surface area (Å²) in [5, 5.41) is 9.52. The van der Waals surface area contributed by atoms with Crippen LogP contribution in [0.25, 0.3) is 0 Å². The number of rotatable bonds is 9. The lowest BCUT2D eigenvalue weighted by Gasteiger charge is -2.26. The van der Waals surface area contributed by atoms with Gasteiger partial charge in [0, 0.05) is 44.8 Å². The van der Waals surface area contributed by atoms with Crippen LogP contribution in [-0.2, 0) is 16.1 Å². The molecular formula is C20H33N5O2. The van der Waals surface area contributed by atoms with E-state index < -0.39 is 0 Å². The molecule has 1 aromatic carbocycles. The van der Waals surface area contributed by atoms with E-state index in [4.69, 9.17) is 4.74 Å². The van der Waals surface area contributed by atoms with Crippen LogP contribution in [0.2, 0.25) is 0 Å². The zero-order valence-corrected chi connectivity index (χ0v) is 16.6. The summed E-state index contributed by atoms with van der Waals surface area (Å²) in [5.41, 5.74) is 1.89. The number of carbonyl (C=O) groups excluding carboxylic acids is 1. The smallest absolute Gasteiger partial charge is 0.225 e. The molecule has 0 unspecified atom stereocenters. The van der Waals surface area contributed by atoms with Crippen LogP contribution in [0.3, 0.4) is 0 Å². The number of anilines is 1. The molecule has 0 aromatic heterocycles. The first-order valence-corrected chi connectivity index (χ1v) is 9.92. The van der Waals surface area contributed by atoms with Gasteiger partial charge in [0.1, 0.15) is 0 Å². The van der Waals surface area contributed by atoms with Crippen molar-refractivity contribution in [2.75, 3.05) is 51.3 Å². The summed E-state index contributed by atoms with van der Waals surface area (Å²) in [6.45, 7) is 10.6. The average molecular weight is 376 g/mol. The molecule has 27 heavy (non-hydrogen) atoms. The minimum Gasteiger partial charge on any atom is -0.379 e. The summed E-state index contributed by atoms with van der Waals surface area (Å²) >= 11 is 0. The lowest BCUT2D eigenvalue weighted by Crippen LogP contribution is -2.38. The van der Waals surface area contributed by atoms with Crippen molar-refractivity contribution in [1.29, 1.82) is 0 Å². The molecular weight excluding hydrogens is 342 g/mol. The monoisotopic (exact) mass is 375 g/mol. The molecule has 0 aliphatic carbocycles. The van der Waals surface area contributed by atoms with Crippen LogP contribution in [0.15, 0.2) is 29.3 Å². The van der Waals surface area contributed by atoms with E-state index in [9.17, 15) is 4.79 Å². The van der Waals surface area contributed by atoms with Gasteiger partial charge in [-0.15, -0.1) is 0 Å². The van der Waals surface area contributed by atoms with Gasteiger partial charge in [0.15, 0.2) is 5.96 Å². The quantitative estimate of drug-likeness (QED) is 0.453. The fourth-order valence-electron chi connectivity index (χ4n) is 2.81. The van der Waals surface area contributed by atoms with Crippen LogP contribution in [0.4, 0.5) is 5.69 Å². The Morgan fingerprint density at radius 2 is 2.04 bits per heavy atom. The highest BCUT2D eigenvalue weighted by molar-refractivity contribution is 5.90. The summed E-state index contributed by atoms with van der Waals surface area (Å²) in [6, 6.07) is 7.88. The number of benzene rings is 1. The SMILES string of the molecule is CCCNC(=NCc1cccc(NC(=O)CCN2CCOCC2)c1)NCC. The Morgan fingerprint density at radius 3 is 2.78 bits per heavy atom. The molecule has 7 nitrogen and oxygen atoms in total. The number of nitrogens with one attached hydrogen (secondary N) is 3. The first kappa shape index (κ1) is 21.2. The molecule has 0 radical (unpaired) electrons. The van der Waals surface area contributed by atoms with Gasteiger partial charge in [-0.05, 0) is 31.0 Å². The average Bonchev–Trinajstić information content (AvgIpc) is 2.69. The molecule has 150 valence electrons. The fraction of sp³-hybridized carbons (Fsp3) is 0.600. The van der Waals surface area contributed by atoms with E-state index in [0.717, 1.165) is 69.6 Å². The largest absolute Gasteiger partial charge is 0.379 e. The van der Waals surface area contributed by atoms with E-state index in [-0.39, 0.29) is 5.91 Å². The Labute approximate surface area is 162 Å². The van der Waals surface area contributed by atoms with Crippen molar-refractivity contribution in [3.05, 3.63) is 29.8 Å². The van der Waals surface area contributed by atoms with Crippen molar-refractivity contribution < 1.29 is 9.53 Å².